The van der Waals surface area contributed by atoms with E-state index >= 15 is 0 Å². The third-order valence-electron chi connectivity index (χ3n) is 7.88. The van der Waals surface area contributed by atoms with E-state index in [2.05, 4.69) is 26.6 Å². The van der Waals surface area contributed by atoms with Gasteiger partial charge >= 0.3 is 5.97 Å². The molecule has 15 nitrogen and oxygen atoms in total. The lowest BCUT2D eigenvalue weighted by molar-refractivity contribution is -0.144. The van der Waals surface area contributed by atoms with Crippen LogP contribution in [0.5, 0.6) is 0 Å². The fourth-order valence-corrected chi connectivity index (χ4v) is 5.21. The molecule has 1 aromatic carbocycles. The van der Waals surface area contributed by atoms with Crippen LogP contribution in [-0.4, -0.2) is 95.3 Å². The van der Waals surface area contributed by atoms with Gasteiger partial charge in [0.15, 0.2) is 5.96 Å². The van der Waals surface area contributed by atoms with Gasteiger partial charge in [-0.1, -0.05) is 64.4 Å². The van der Waals surface area contributed by atoms with Gasteiger partial charge in [-0.3, -0.25) is 34.2 Å². The molecule has 0 unspecified atom stereocenters. The summed E-state index contributed by atoms with van der Waals surface area (Å²) in [5.74, 6) is -4.65. The van der Waals surface area contributed by atoms with Crippen LogP contribution < -0.4 is 32.3 Å². The minimum Gasteiger partial charge on any atom is -0.481 e. The van der Waals surface area contributed by atoms with Crippen molar-refractivity contribution in [3.05, 3.63) is 35.9 Å². The lowest BCUT2D eigenvalue weighted by atomic mass is 9.96. The Kier molecular flexibility index (Phi) is 15.6. The molecule has 0 saturated carbocycles. The zero-order valence-corrected chi connectivity index (χ0v) is 27.6. The number of benzene rings is 1. The van der Waals surface area contributed by atoms with Crippen LogP contribution in [0.2, 0.25) is 0 Å². The van der Waals surface area contributed by atoms with E-state index in [1.807, 2.05) is 51.1 Å². The van der Waals surface area contributed by atoms with E-state index in [1.54, 1.807) is 6.92 Å². The fraction of sp³-hybridized carbons (Fsp3) is 0.594. The monoisotopic (exact) mass is 658 g/mol. The topological polar surface area (TPSA) is 236 Å². The third kappa shape index (κ3) is 12.9. The zero-order valence-electron chi connectivity index (χ0n) is 27.6. The van der Waals surface area contributed by atoms with E-state index in [1.165, 1.54) is 4.90 Å². The quantitative estimate of drug-likeness (QED) is 0.0559. The summed E-state index contributed by atoms with van der Waals surface area (Å²) in [4.78, 5) is 79.3. The Labute approximate surface area is 275 Å². The van der Waals surface area contributed by atoms with Crippen LogP contribution in [0.1, 0.15) is 65.4 Å². The van der Waals surface area contributed by atoms with Gasteiger partial charge in [-0.05, 0) is 36.7 Å². The van der Waals surface area contributed by atoms with Gasteiger partial charge in [0.25, 0.3) is 0 Å². The number of carboxylic acids is 1. The smallest absolute Gasteiger partial charge is 0.305 e. The number of carbonyl (C=O) groups excluding carboxylic acids is 5. The predicted octanol–water partition coefficient (Wildman–Crippen LogP) is -0.159. The number of nitrogens with zero attached hydrogens (tertiary/aromatic N) is 1. The largest absolute Gasteiger partial charge is 0.481 e. The highest BCUT2D eigenvalue weighted by molar-refractivity contribution is 5.97. The van der Waals surface area contributed by atoms with Gasteiger partial charge in [0, 0.05) is 19.6 Å². The fourth-order valence-electron chi connectivity index (χ4n) is 5.21. The molecule has 9 N–H and O–H groups in total. The van der Waals surface area contributed by atoms with E-state index in [4.69, 9.17) is 11.1 Å². The molecule has 2 rings (SSSR count). The van der Waals surface area contributed by atoms with Crippen molar-refractivity contribution in [1.82, 2.24) is 31.5 Å². The van der Waals surface area contributed by atoms with Crippen LogP contribution in [0.25, 0.3) is 0 Å². The van der Waals surface area contributed by atoms with Crippen molar-refractivity contribution in [2.45, 2.75) is 90.4 Å². The second-order valence-electron chi connectivity index (χ2n) is 12.3. The first-order valence-corrected chi connectivity index (χ1v) is 16.0. The minimum absolute atomic E-state index is 0.0929. The molecule has 1 fully saturated rings. The molecule has 1 aliphatic rings. The summed E-state index contributed by atoms with van der Waals surface area (Å²) in [6, 6.07) is 4.63. The minimum atomic E-state index is -1.54. The summed E-state index contributed by atoms with van der Waals surface area (Å²) in [5.41, 5.74) is 6.11. The van der Waals surface area contributed by atoms with Crippen molar-refractivity contribution in [2.75, 3.05) is 19.6 Å². The molecule has 0 spiro atoms. The Bertz CT molecular complexity index is 1260. The van der Waals surface area contributed by atoms with E-state index in [-0.39, 0.29) is 56.1 Å². The predicted molar refractivity (Wildman–Crippen MR) is 175 cm³/mol. The van der Waals surface area contributed by atoms with Crippen molar-refractivity contribution < 1.29 is 33.9 Å². The zero-order chi connectivity index (χ0) is 35.1. The van der Waals surface area contributed by atoms with E-state index in [0.29, 0.717) is 19.4 Å². The third-order valence-corrected chi connectivity index (χ3v) is 7.88. The van der Waals surface area contributed by atoms with E-state index in [0.717, 1.165) is 5.56 Å². The highest BCUT2D eigenvalue weighted by atomic mass is 16.4. The molecule has 47 heavy (non-hydrogen) atoms. The molecular formula is C32H50N8O7. The number of nitrogens with two attached hydrogens (primary N) is 1. The molecule has 0 radical (unpaired) electrons. The van der Waals surface area contributed by atoms with Gasteiger partial charge in [0.05, 0.1) is 12.8 Å². The molecule has 1 aromatic rings. The van der Waals surface area contributed by atoms with Crippen LogP contribution in [0.4, 0.5) is 0 Å². The molecule has 1 heterocycles. The van der Waals surface area contributed by atoms with Crippen molar-refractivity contribution in [3.63, 3.8) is 0 Å². The Morgan fingerprint density at radius 1 is 1.00 bits per heavy atom. The summed E-state index contributed by atoms with van der Waals surface area (Å²) in [6.07, 6.45) is 0.614. The number of amides is 5. The maximum atomic E-state index is 13.7. The van der Waals surface area contributed by atoms with E-state index < -0.39 is 60.2 Å². The summed E-state index contributed by atoms with van der Waals surface area (Å²) in [6.45, 7) is 8.22. The van der Waals surface area contributed by atoms with Crippen molar-refractivity contribution in [3.8, 4) is 0 Å². The average Bonchev–Trinajstić information content (AvgIpc) is 3.35. The van der Waals surface area contributed by atoms with Crippen molar-refractivity contribution in [2.24, 2.45) is 17.6 Å². The Hall–Kier alpha value is -4.69. The first kappa shape index (κ1) is 38.5. The Morgan fingerprint density at radius 3 is 2.26 bits per heavy atom. The number of carbonyl (C=O) groups is 6. The van der Waals surface area contributed by atoms with Gasteiger partial charge in [0.2, 0.25) is 29.5 Å². The normalized spacial score (nSPS) is 16.8. The number of likely N-dealkylation sites (tertiary alicyclic amines) is 1. The molecule has 1 aliphatic heterocycles. The van der Waals surface area contributed by atoms with Gasteiger partial charge in [-0.2, -0.15) is 0 Å². The van der Waals surface area contributed by atoms with Gasteiger partial charge < -0.3 is 42.3 Å². The number of nitrogens with one attached hydrogen (secondary N) is 6. The molecule has 0 bridgehead atoms. The molecule has 1 saturated heterocycles. The van der Waals surface area contributed by atoms with Gasteiger partial charge in [0.1, 0.15) is 24.2 Å². The lowest BCUT2D eigenvalue weighted by Gasteiger charge is -2.33. The second kappa shape index (κ2) is 19.1. The maximum absolute atomic E-state index is 13.7. The van der Waals surface area contributed by atoms with Crippen LogP contribution in [0, 0.1) is 17.2 Å². The number of carboxylic acid groups (broad SMARTS) is 1. The second-order valence-corrected chi connectivity index (χ2v) is 12.3. The summed E-state index contributed by atoms with van der Waals surface area (Å²) in [7, 11) is 0. The number of rotatable bonds is 19. The maximum Gasteiger partial charge on any atom is 0.305 e. The molecular weight excluding hydrogens is 608 g/mol. The lowest BCUT2D eigenvalue weighted by Crippen LogP contribution is -2.59. The average molecular weight is 659 g/mol. The number of hydrogen-bond acceptors (Lipinski definition) is 7. The highest BCUT2D eigenvalue weighted by Crippen LogP contribution is 2.22. The van der Waals surface area contributed by atoms with Gasteiger partial charge in [-0.25, -0.2) is 0 Å². The first-order chi connectivity index (χ1) is 22.2. The molecule has 15 heteroatoms. The number of hydrogen-bond donors (Lipinski definition) is 8. The van der Waals surface area contributed by atoms with Crippen molar-refractivity contribution in [1.29, 1.82) is 5.41 Å². The summed E-state index contributed by atoms with van der Waals surface area (Å²) >= 11 is 0. The molecule has 5 atom stereocenters. The molecule has 260 valence electrons. The first-order valence-electron chi connectivity index (χ1n) is 16.0. The number of guanidine groups is 1. The van der Waals surface area contributed by atoms with Crippen LogP contribution >= 0.6 is 0 Å². The molecule has 0 aliphatic carbocycles. The Balaban J connectivity index is 2.17. The van der Waals surface area contributed by atoms with E-state index in [9.17, 15) is 33.9 Å². The SMILES string of the molecule is CC[C@H](C)[C@@H](C(=O)N[C@@H](CC(=O)O)C(=O)N[C@@H](CCCNC(=N)N)C(=O)NCC(C)C)N1CC[C@@H](NC(=O)Cc2ccccc2)C1=O. The van der Waals surface area contributed by atoms with Crippen LogP contribution in [-0.2, 0) is 35.2 Å². The Morgan fingerprint density at radius 2 is 1.66 bits per heavy atom. The summed E-state index contributed by atoms with van der Waals surface area (Å²) < 4.78 is 0. The van der Waals surface area contributed by atoms with Gasteiger partial charge in [-0.15, -0.1) is 0 Å². The summed E-state index contributed by atoms with van der Waals surface area (Å²) in [5, 5.41) is 30.1. The molecule has 0 aromatic heterocycles. The number of aliphatic carboxylic acids is 1. The van der Waals surface area contributed by atoms with Crippen LogP contribution in [0.15, 0.2) is 30.3 Å². The van der Waals surface area contributed by atoms with Crippen molar-refractivity contribution >= 4 is 41.5 Å². The standard InChI is InChI=1S/C32H50N8O7/c1-5-20(4)27(40-15-13-23(31(40)47)37-25(41)16-21-10-7-6-8-11-21)30(46)39-24(17-26(42)43)29(45)38-22(12-9-14-35-32(33)34)28(44)36-18-19(2)3/h6-8,10-11,19-20,22-24,27H,5,9,12-18H2,1-4H3,(H,36,44)(H,37,41)(H,38,45)(H,39,46)(H,42,43)(H4,33,34,35)/t20-,22-,23+,24-,27-/m0/s1. The van der Waals surface area contributed by atoms with Crippen LogP contribution in [0.3, 0.4) is 0 Å². The molecule has 5 amide bonds. The highest BCUT2D eigenvalue weighted by Gasteiger charge is 2.42.